The Hall–Kier alpha value is -1.72. The monoisotopic (exact) mass is 223 g/mol. The Bertz CT molecular complexity index is 472. The van der Waals surface area contributed by atoms with Gasteiger partial charge in [0.25, 0.3) is 0 Å². The average Bonchev–Trinajstić information content (AvgIpc) is 2.93. The zero-order chi connectivity index (χ0) is 11.1. The van der Waals surface area contributed by atoms with Crippen LogP contribution in [-0.2, 0) is 11.3 Å². The van der Waals surface area contributed by atoms with E-state index in [0.29, 0.717) is 19.1 Å². The SMILES string of the molecule is O=C1NCC(Cn2ccn(C3CC3)c2=O)O1. The van der Waals surface area contributed by atoms with Gasteiger partial charge >= 0.3 is 11.8 Å². The number of hydrogen-bond acceptors (Lipinski definition) is 3. The number of amides is 1. The number of carbonyl (C=O) groups is 1. The number of nitrogens with zero attached hydrogens (tertiary/aromatic N) is 2. The van der Waals surface area contributed by atoms with Gasteiger partial charge in [0.1, 0.15) is 6.10 Å². The number of nitrogens with one attached hydrogen (secondary N) is 1. The van der Waals surface area contributed by atoms with E-state index in [1.165, 1.54) is 0 Å². The van der Waals surface area contributed by atoms with Gasteiger partial charge in [-0.15, -0.1) is 0 Å². The lowest BCUT2D eigenvalue weighted by Crippen LogP contribution is -2.29. The molecule has 1 aliphatic heterocycles. The number of alkyl carbamates (subject to hydrolysis) is 1. The standard InChI is InChI=1S/C10H13N3O3/c14-9-11-5-8(16-9)6-12-3-4-13(10(12)15)7-1-2-7/h3-4,7-8H,1-2,5-6H2,(H,11,14). The Labute approximate surface area is 91.8 Å². The molecule has 1 aromatic heterocycles. The van der Waals surface area contributed by atoms with E-state index in [-0.39, 0.29) is 11.8 Å². The van der Waals surface area contributed by atoms with Gasteiger partial charge in [0, 0.05) is 18.4 Å². The number of hydrogen-bond donors (Lipinski definition) is 1. The Morgan fingerprint density at radius 1 is 1.38 bits per heavy atom. The van der Waals surface area contributed by atoms with Crippen molar-refractivity contribution < 1.29 is 9.53 Å². The zero-order valence-corrected chi connectivity index (χ0v) is 8.76. The van der Waals surface area contributed by atoms with Crippen molar-refractivity contribution >= 4 is 6.09 Å². The highest BCUT2D eigenvalue weighted by Crippen LogP contribution is 2.33. The van der Waals surface area contributed by atoms with Gasteiger partial charge in [-0.25, -0.2) is 9.59 Å². The third-order valence-electron chi connectivity index (χ3n) is 2.96. The van der Waals surface area contributed by atoms with Gasteiger partial charge in [-0.3, -0.25) is 9.13 Å². The molecule has 1 aliphatic carbocycles. The van der Waals surface area contributed by atoms with Crippen LogP contribution < -0.4 is 11.0 Å². The van der Waals surface area contributed by atoms with E-state index in [1.807, 2.05) is 6.20 Å². The van der Waals surface area contributed by atoms with Crippen LogP contribution in [0.2, 0.25) is 0 Å². The summed E-state index contributed by atoms with van der Waals surface area (Å²) in [6, 6.07) is 0.387. The van der Waals surface area contributed by atoms with Crippen LogP contribution in [0.1, 0.15) is 18.9 Å². The molecule has 0 spiro atoms. The highest BCUT2D eigenvalue weighted by atomic mass is 16.6. The molecule has 1 unspecified atom stereocenters. The van der Waals surface area contributed by atoms with Gasteiger partial charge in [0.05, 0.1) is 13.1 Å². The molecule has 1 amide bonds. The van der Waals surface area contributed by atoms with Gasteiger partial charge in [-0.2, -0.15) is 0 Å². The molecule has 1 saturated carbocycles. The van der Waals surface area contributed by atoms with Crippen LogP contribution in [0.4, 0.5) is 4.79 Å². The minimum Gasteiger partial charge on any atom is -0.442 e. The molecule has 3 rings (SSSR count). The van der Waals surface area contributed by atoms with Crippen molar-refractivity contribution in [2.45, 2.75) is 31.5 Å². The topological polar surface area (TPSA) is 65.3 Å². The lowest BCUT2D eigenvalue weighted by atomic mass is 10.3. The van der Waals surface area contributed by atoms with Gasteiger partial charge in [-0.05, 0) is 12.8 Å². The van der Waals surface area contributed by atoms with Crippen molar-refractivity contribution in [3.63, 3.8) is 0 Å². The maximum Gasteiger partial charge on any atom is 0.407 e. The maximum atomic E-state index is 11.9. The van der Waals surface area contributed by atoms with Crippen LogP contribution >= 0.6 is 0 Å². The second-order valence-electron chi connectivity index (χ2n) is 4.28. The summed E-state index contributed by atoms with van der Waals surface area (Å²) in [7, 11) is 0. The van der Waals surface area contributed by atoms with Crippen molar-refractivity contribution in [3.8, 4) is 0 Å². The summed E-state index contributed by atoms with van der Waals surface area (Å²) in [4.78, 5) is 22.7. The predicted octanol–water partition coefficient (Wildman–Crippen LogP) is 0.0931. The molecule has 0 bridgehead atoms. The Morgan fingerprint density at radius 3 is 2.81 bits per heavy atom. The maximum absolute atomic E-state index is 11.9. The van der Waals surface area contributed by atoms with Crippen LogP contribution in [0.25, 0.3) is 0 Å². The van der Waals surface area contributed by atoms with E-state index >= 15 is 0 Å². The smallest absolute Gasteiger partial charge is 0.407 e. The van der Waals surface area contributed by atoms with E-state index in [0.717, 1.165) is 12.8 Å². The molecule has 1 saturated heterocycles. The van der Waals surface area contributed by atoms with Gasteiger partial charge in [0.15, 0.2) is 0 Å². The summed E-state index contributed by atoms with van der Waals surface area (Å²) in [5, 5.41) is 2.57. The Kier molecular flexibility index (Phi) is 2.02. The first kappa shape index (κ1) is 9.50. The Balaban J connectivity index is 1.74. The largest absolute Gasteiger partial charge is 0.442 e. The van der Waals surface area contributed by atoms with E-state index < -0.39 is 6.09 Å². The lowest BCUT2D eigenvalue weighted by Gasteiger charge is -2.07. The second kappa shape index (κ2) is 3.40. The van der Waals surface area contributed by atoms with Crippen LogP contribution in [0.5, 0.6) is 0 Å². The molecule has 1 N–H and O–H groups in total. The van der Waals surface area contributed by atoms with Gasteiger partial charge < -0.3 is 10.1 Å². The molecule has 1 aromatic rings. The minimum absolute atomic E-state index is 0.00884. The van der Waals surface area contributed by atoms with Crippen molar-refractivity contribution in [2.75, 3.05) is 6.54 Å². The fourth-order valence-corrected chi connectivity index (χ4v) is 1.95. The third-order valence-corrected chi connectivity index (χ3v) is 2.96. The molecule has 0 radical (unpaired) electrons. The van der Waals surface area contributed by atoms with Crippen molar-refractivity contribution in [3.05, 3.63) is 22.9 Å². The molecule has 6 heteroatoms. The first-order valence-electron chi connectivity index (χ1n) is 5.46. The average molecular weight is 223 g/mol. The summed E-state index contributed by atoms with van der Waals surface area (Å²) in [5.41, 5.74) is -0.00884. The van der Waals surface area contributed by atoms with Crippen LogP contribution in [0, 0.1) is 0 Å². The fourth-order valence-electron chi connectivity index (χ4n) is 1.95. The molecule has 1 atom stereocenters. The molecule has 6 nitrogen and oxygen atoms in total. The number of imidazole rings is 1. The highest BCUT2D eigenvalue weighted by molar-refractivity contribution is 5.69. The molecule has 0 aromatic carbocycles. The molecule has 2 heterocycles. The molecule has 16 heavy (non-hydrogen) atoms. The van der Waals surface area contributed by atoms with Crippen molar-refractivity contribution in [1.82, 2.24) is 14.5 Å². The molecule has 2 fully saturated rings. The third kappa shape index (κ3) is 1.60. The van der Waals surface area contributed by atoms with E-state index in [9.17, 15) is 9.59 Å². The first-order valence-corrected chi connectivity index (χ1v) is 5.46. The lowest BCUT2D eigenvalue weighted by molar-refractivity contribution is 0.130. The number of cyclic esters (lactones) is 1. The molecule has 86 valence electrons. The summed E-state index contributed by atoms with van der Waals surface area (Å²) < 4.78 is 8.34. The van der Waals surface area contributed by atoms with Crippen LogP contribution in [-0.4, -0.2) is 27.9 Å². The van der Waals surface area contributed by atoms with E-state index in [1.54, 1.807) is 15.3 Å². The second-order valence-corrected chi connectivity index (χ2v) is 4.28. The molecule has 2 aliphatic rings. The number of rotatable bonds is 3. The summed E-state index contributed by atoms with van der Waals surface area (Å²) in [6.07, 6.45) is 5.10. The number of ether oxygens (including phenoxy) is 1. The first-order chi connectivity index (χ1) is 7.74. The van der Waals surface area contributed by atoms with E-state index in [2.05, 4.69) is 5.32 Å². The summed E-state index contributed by atoms with van der Waals surface area (Å²) in [5.74, 6) is 0. The van der Waals surface area contributed by atoms with Gasteiger partial charge in [-0.1, -0.05) is 0 Å². The number of aromatic nitrogens is 2. The van der Waals surface area contributed by atoms with E-state index in [4.69, 9.17) is 4.74 Å². The minimum atomic E-state index is -0.403. The Morgan fingerprint density at radius 2 is 2.19 bits per heavy atom. The quantitative estimate of drug-likeness (QED) is 0.790. The van der Waals surface area contributed by atoms with Crippen LogP contribution in [0.15, 0.2) is 17.2 Å². The fraction of sp³-hybridized carbons (Fsp3) is 0.600. The van der Waals surface area contributed by atoms with Crippen LogP contribution in [0.3, 0.4) is 0 Å². The number of carbonyl (C=O) groups excluding carboxylic acids is 1. The van der Waals surface area contributed by atoms with Crippen molar-refractivity contribution in [2.24, 2.45) is 0 Å². The molecular formula is C10H13N3O3. The highest BCUT2D eigenvalue weighted by Gasteiger charge is 2.27. The summed E-state index contributed by atoms with van der Waals surface area (Å²) in [6.45, 7) is 0.900. The predicted molar refractivity (Wildman–Crippen MR) is 55.2 cm³/mol. The normalized spacial score (nSPS) is 24.2. The van der Waals surface area contributed by atoms with Crippen molar-refractivity contribution in [1.29, 1.82) is 0 Å². The molecular weight excluding hydrogens is 210 g/mol. The summed E-state index contributed by atoms with van der Waals surface area (Å²) >= 11 is 0. The zero-order valence-electron chi connectivity index (χ0n) is 8.76. The van der Waals surface area contributed by atoms with Gasteiger partial charge in [0.2, 0.25) is 0 Å².